The molecule has 5 heteroatoms. The Morgan fingerprint density at radius 2 is 2.07 bits per heavy atom. The SMILES string of the molecule is CCOC(=O)c1cc(Br)cc(CBr)c1Br. The Balaban J connectivity index is 3.17. The Bertz CT molecular complexity index is 377. The number of benzene rings is 1. The van der Waals surface area contributed by atoms with Crippen LogP contribution in [0.4, 0.5) is 0 Å². The molecule has 0 N–H and O–H groups in total. The zero-order chi connectivity index (χ0) is 11.4. The second kappa shape index (κ2) is 6.01. The molecule has 0 unspecified atom stereocenters. The molecule has 15 heavy (non-hydrogen) atoms. The van der Waals surface area contributed by atoms with Crippen LogP contribution in [0.3, 0.4) is 0 Å². The molecule has 0 amide bonds. The van der Waals surface area contributed by atoms with E-state index in [2.05, 4.69) is 47.8 Å². The van der Waals surface area contributed by atoms with E-state index in [9.17, 15) is 4.79 Å². The molecule has 1 aromatic carbocycles. The van der Waals surface area contributed by atoms with E-state index in [0.29, 0.717) is 17.5 Å². The Morgan fingerprint density at radius 1 is 1.40 bits per heavy atom. The molecule has 0 aliphatic carbocycles. The van der Waals surface area contributed by atoms with Gasteiger partial charge in [-0.2, -0.15) is 0 Å². The lowest BCUT2D eigenvalue weighted by molar-refractivity contribution is 0.0525. The number of hydrogen-bond acceptors (Lipinski definition) is 2. The van der Waals surface area contributed by atoms with Crippen LogP contribution in [0, 0.1) is 0 Å². The molecule has 1 aromatic rings. The van der Waals surface area contributed by atoms with Crippen molar-refractivity contribution in [2.45, 2.75) is 12.3 Å². The molecule has 0 radical (unpaired) electrons. The average molecular weight is 401 g/mol. The fourth-order valence-electron chi connectivity index (χ4n) is 1.10. The normalized spacial score (nSPS) is 10.1. The average Bonchev–Trinajstić information content (AvgIpc) is 2.21. The predicted molar refractivity (Wildman–Crippen MR) is 70.4 cm³/mol. The van der Waals surface area contributed by atoms with Crippen molar-refractivity contribution in [1.82, 2.24) is 0 Å². The fraction of sp³-hybridized carbons (Fsp3) is 0.300. The summed E-state index contributed by atoms with van der Waals surface area (Å²) < 4.78 is 6.60. The topological polar surface area (TPSA) is 26.3 Å². The molecule has 1 rings (SSSR count). The van der Waals surface area contributed by atoms with E-state index in [0.717, 1.165) is 14.5 Å². The van der Waals surface area contributed by atoms with E-state index < -0.39 is 0 Å². The van der Waals surface area contributed by atoms with Gasteiger partial charge in [-0.05, 0) is 40.5 Å². The maximum absolute atomic E-state index is 11.6. The molecule has 0 bridgehead atoms. The zero-order valence-corrected chi connectivity index (χ0v) is 12.8. The minimum atomic E-state index is -0.312. The van der Waals surface area contributed by atoms with Crippen molar-refractivity contribution in [1.29, 1.82) is 0 Å². The lowest BCUT2D eigenvalue weighted by Gasteiger charge is -2.08. The van der Waals surface area contributed by atoms with Crippen LogP contribution >= 0.6 is 47.8 Å². The van der Waals surface area contributed by atoms with E-state index in [4.69, 9.17) is 4.74 Å². The third kappa shape index (κ3) is 3.29. The molecular weight excluding hydrogens is 392 g/mol. The maximum Gasteiger partial charge on any atom is 0.339 e. The lowest BCUT2D eigenvalue weighted by Crippen LogP contribution is -2.06. The van der Waals surface area contributed by atoms with E-state index >= 15 is 0 Å². The predicted octanol–water partition coefficient (Wildman–Crippen LogP) is 4.28. The molecule has 0 aromatic heterocycles. The van der Waals surface area contributed by atoms with E-state index in [1.807, 2.05) is 6.07 Å². The first kappa shape index (κ1) is 13.2. The van der Waals surface area contributed by atoms with Crippen molar-refractivity contribution in [2.75, 3.05) is 6.61 Å². The smallest absolute Gasteiger partial charge is 0.339 e. The van der Waals surface area contributed by atoms with Gasteiger partial charge in [-0.1, -0.05) is 31.9 Å². The van der Waals surface area contributed by atoms with Gasteiger partial charge in [0.25, 0.3) is 0 Å². The van der Waals surface area contributed by atoms with Gasteiger partial charge in [0, 0.05) is 14.3 Å². The van der Waals surface area contributed by atoms with E-state index in [1.54, 1.807) is 13.0 Å². The van der Waals surface area contributed by atoms with Crippen molar-refractivity contribution in [3.8, 4) is 0 Å². The van der Waals surface area contributed by atoms with Gasteiger partial charge in [0.1, 0.15) is 0 Å². The molecule has 0 saturated carbocycles. The number of rotatable bonds is 3. The summed E-state index contributed by atoms with van der Waals surface area (Å²) in [6.07, 6.45) is 0. The van der Waals surface area contributed by atoms with Gasteiger partial charge in [-0.25, -0.2) is 4.79 Å². The van der Waals surface area contributed by atoms with Crippen molar-refractivity contribution >= 4 is 53.8 Å². The fourth-order valence-corrected chi connectivity index (χ4v) is 2.96. The van der Waals surface area contributed by atoms with Gasteiger partial charge < -0.3 is 4.74 Å². The zero-order valence-electron chi connectivity index (χ0n) is 8.02. The number of alkyl halides is 1. The number of hydrogen-bond donors (Lipinski definition) is 0. The molecule has 0 aliphatic rings. The highest BCUT2D eigenvalue weighted by Gasteiger charge is 2.14. The lowest BCUT2D eigenvalue weighted by atomic mass is 10.1. The Labute approximate surface area is 114 Å². The number of ether oxygens (including phenoxy) is 1. The maximum atomic E-state index is 11.6. The summed E-state index contributed by atoms with van der Waals surface area (Å²) in [5.74, 6) is -0.312. The first-order valence-electron chi connectivity index (χ1n) is 4.31. The highest BCUT2D eigenvalue weighted by molar-refractivity contribution is 9.11. The summed E-state index contributed by atoms with van der Waals surface area (Å²) in [5.41, 5.74) is 1.55. The Morgan fingerprint density at radius 3 is 2.60 bits per heavy atom. The van der Waals surface area contributed by atoms with Crippen LogP contribution in [0.2, 0.25) is 0 Å². The first-order valence-corrected chi connectivity index (χ1v) is 7.01. The van der Waals surface area contributed by atoms with Gasteiger partial charge in [0.15, 0.2) is 0 Å². The minimum absolute atomic E-state index is 0.312. The summed E-state index contributed by atoms with van der Waals surface area (Å²) in [6.45, 7) is 2.16. The van der Waals surface area contributed by atoms with Crippen molar-refractivity contribution in [3.05, 3.63) is 32.2 Å². The van der Waals surface area contributed by atoms with Crippen molar-refractivity contribution in [3.63, 3.8) is 0 Å². The van der Waals surface area contributed by atoms with E-state index in [1.165, 1.54) is 0 Å². The molecular formula is C10H9Br3O2. The third-order valence-corrected chi connectivity index (χ3v) is 3.75. The van der Waals surface area contributed by atoms with Gasteiger partial charge in [0.05, 0.1) is 12.2 Å². The van der Waals surface area contributed by atoms with Gasteiger partial charge in [0.2, 0.25) is 0 Å². The Kier molecular flexibility index (Phi) is 5.29. The highest BCUT2D eigenvalue weighted by Crippen LogP contribution is 2.28. The molecule has 0 spiro atoms. The number of esters is 1. The first-order chi connectivity index (χ1) is 7.10. The molecule has 2 nitrogen and oxygen atoms in total. The van der Waals surface area contributed by atoms with Crippen LogP contribution < -0.4 is 0 Å². The van der Waals surface area contributed by atoms with Crippen LogP contribution in [0.5, 0.6) is 0 Å². The number of carbonyl (C=O) groups is 1. The van der Waals surface area contributed by atoms with Crippen LogP contribution in [-0.4, -0.2) is 12.6 Å². The molecule has 0 heterocycles. The van der Waals surface area contributed by atoms with Crippen LogP contribution in [0.25, 0.3) is 0 Å². The number of carbonyl (C=O) groups excluding carboxylic acids is 1. The molecule has 82 valence electrons. The van der Waals surface area contributed by atoms with Crippen molar-refractivity contribution < 1.29 is 9.53 Å². The molecule has 0 aliphatic heterocycles. The molecule has 0 atom stereocenters. The van der Waals surface area contributed by atoms with Gasteiger partial charge in [-0.15, -0.1) is 0 Å². The van der Waals surface area contributed by atoms with Crippen LogP contribution in [0.1, 0.15) is 22.8 Å². The second-order valence-electron chi connectivity index (χ2n) is 2.78. The molecule has 0 saturated heterocycles. The molecule has 0 fully saturated rings. The van der Waals surface area contributed by atoms with Crippen LogP contribution in [-0.2, 0) is 10.1 Å². The summed E-state index contributed by atoms with van der Waals surface area (Å²) >= 11 is 10.1. The number of halogens is 3. The van der Waals surface area contributed by atoms with Crippen LogP contribution in [0.15, 0.2) is 21.1 Å². The van der Waals surface area contributed by atoms with Crippen molar-refractivity contribution in [2.24, 2.45) is 0 Å². The minimum Gasteiger partial charge on any atom is -0.462 e. The monoisotopic (exact) mass is 398 g/mol. The third-order valence-electron chi connectivity index (χ3n) is 1.75. The summed E-state index contributed by atoms with van der Waals surface area (Å²) in [6, 6.07) is 3.69. The standard InChI is InChI=1S/C10H9Br3O2/c1-2-15-10(14)8-4-7(12)3-6(5-11)9(8)13/h3-4H,2,5H2,1H3. The summed E-state index contributed by atoms with van der Waals surface area (Å²) in [4.78, 5) is 11.6. The van der Waals surface area contributed by atoms with Gasteiger partial charge in [-0.3, -0.25) is 0 Å². The Hall–Kier alpha value is 0.130. The quantitative estimate of drug-likeness (QED) is 0.559. The van der Waals surface area contributed by atoms with E-state index in [-0.39, 0.29) is 5.97 Å². The summed E-state index contributed by atoms with van der Waals surface area (Å²) in [5, 5.41) is 0.680. The summed E-state index contributed by atoms with van der Waals surface area (Å²) in [7, 11) is 0. The highest BCUT2D eigenvalue weighted by atomic mass is 79.9. The largest absolute Gasteiger partial charge is 0.462 e. The second-order valence-corrected chi connectivity index (χ2v) is 5.05. The van der Waals surface area contributed by atoms with Gasteiger partial charge >= 0.3 is 5.97 Å².